The van der Waals surface area contributed by atoms with E-state index in [2.05, 4.69) is 32.6 Å². The number of ether oxygens (including phenoxy) is 1. The van der Waals surface area contributed by atoms with E-state index in [1.54, 1.807) is 18.2 Å². The summed E-state index contributed by atoms with van der Waals surface area (Å²) in [5, 5.41) is 20.6. The van der Waals surface area contributed by atoms with Crippen LogP contribution < -0.4 is 4.74 Å². The van der Waals surface area contributed by atoms with Gasteiger partial charge in [0.15, 0.2) is 5.78 Å². The van der Waals surface area contributed by atoms with Crippen LogP contribution in [0.15, 0.2) is 24.3 Å². The molecule has 25 heavy (non-hydrogen) atoms. The topological polar surface area (TPSA) is 70.0 Å². The number of aliphatic hydroxyl groups is 2. The fourth-order valence-corrected chi connectivity index (χ4v) is 4.09. The molecule has 2 N–H and O–H groups in total. The first kappa shape index (κ1) is 19.9. The van der Waals surface area contributed by atoms with Crippen LogP contribution in [0, 0.1) is 0 Å². The van der Waals surface area contributed by atoms with Crippen LogP contribution in [-0.2, 0) is 0 Å². The number of rotatable bonds is 6. The molecule has 1 atom stereocenters. The largest absolute Gasteiger partial charge is 0.490 e. The lowest BCUT2D eigenvalue weighted by atomic mass is 9.78. The first-order valence-electron chi connectivity index (χ1n) is 8.89. The number of carbonyl (C=O) groups is 1. The fraction of sp³-hybridized carbons (Fsp3) is 0.650. The molecule has 5 heteroatoms. The minimum atomic E-state index is -0.686. The Balaban J connectivity index is 2.02. The number of β-amino-alcohol motifs (C(OH)–C–C–N with tert-alkyl or cyclic N) is 1. The van der Waals surface area contributed by atoms with Crippen molar-refractivity contribution in [1.82, 2.24) is 4.90 Å². The molecule has 1 heterocycles. The zero-order valence-corrected chi connectivity index (χ0v) is 16.0. The minimum Gasteiger partial charge on any atom is -0.490 e. The number of Topliss-reactive ketones (excluding diaryl/α,β-unsaturated/α-hetero) is 1. The number of para-hydroxylation sites is 1. The average Bonchev–Trinajstić information content (AvgIpc) is 2.48. The number of likely N-dealkylation sites (tertiary alicyclic amines) is 1. The van der Waals surface area contributed by atoms with Gasteiger partial charge in [0.05, 0.1) is 11.7 Å². The van der Waals surface area contributed by atoms with Gasteiger partial charge < -0.3 is 14.9 Å². The molecule has 0 aliphatic carbocycles. The Bertz CT molecular complexity index is 593. The number of aliphatic hydroxyl groups excluding tert-OH is 2. The Hall–Kier alpha value is -1.43. The third kappa shape index (κ3) is 4.81. The van der Waals surface area contributed by atoms with Gasteiger partial charge in [0.25, 0.3) is 0 Å². The van der Waals surface area contributed by atoms with Crippen LogP contribution in [0.5, 0.6) is 5.75 Å². The van der Waals surface area contributed by atoms with E-state index in [0.717, 1.165) is 0 Å². The summed E-state index contributed by atoms with van der Waals surface area (Å²) in [7, 11) is 0. The summed E-state index contributed by atoms with van der Waals surface area (Å²) >= 11 is 0. The SMILES string of the molecule is CC(=O)c1ccccc1OC[C@@H](O)CN1C(C)(C)CC(O)CC1(C)C. The Labute approximate surface area is 150 Å². The second-order valence-electron chi connectivity index (χ2n) is 8.31. The molecule has 1 aromatic carbocycles. The summed E-state index contributed by atoms with van der Waals surface area (Å²) in [6.07, 6.45) is 0.347. The maximum absolute atomic E-state index is 11.7. The van der Waals surface area contributed by atoms with E-state index in [4.69, 9.17) is 4.74 Å². The number of hydrogen-bond acceptors (Lipinski definition) is 5. The average molecular weight is 349 g/mol. The van der Waals surface area contributed by atoms with Crippen molar-refractivity contribution >= 4 is 5.78 Å². The molecule has 0 spiro atoms. The van der Waals surface area contributed by atoms with E-state index in [0.29, 0.717) is 30.7 Å². The molecule has 0 bridgehead atoms. The second-order valence-corrected chi connectivity index (χ2v) is 8.31. The van der Waals surface area contributed by atoms with Crippen LogP contribution in [0.4, 0.5) is 0 Å². The molecule has 2 rings (SSSR count). The van der Waals surface area contributed by atoms with E-state index < -0.39 is 6.10 Å². The van der Waals surface area contributed by atoms with Gasteiger partial charge in [-0.3, -0.25) is 9.69 Å². The quantitative estimate of drug-likeness (QED) is 0.773. The molecule has 0 saturated carbocycles. The van der Waals surface area contributed by atoms with E-state index >= 15 is 0 Å². The second kappa shape index (κ2) is 7.44. The summed E-state index contributed by atoms with van der Waals surface area (Å²) < 4.78 is 5.71. The lowest BCUT2D eigenvalue weighted by Gasteiger charge is -2.54. The molecule has 1 aliphatic rings. The number of nitrogens with zero attached hydrogens (tertiary/aromatic N) is 1. The van der Waals surface area contributed by atoms with Crippen molar-refractivity contribution in [1.29, 1.82) is 0 Å². The van der Waals surface area contributed by atoms with Crippen molar-refractivity contribution < 1.29 is 19.7 Å². The molecule has 1 fully saturated rings. The number of piperidine rings is 1. The predicted molar refractivity (Wildman–Crippen MR) is 98.1 cm³/mol. The van der Waals surface area contributed by atoms with E-state index in [9.17, 15) is 15.0 Å². The van der Waals surface area contributed by atoms with Gasteiger partial charge >= 0.3 is 0 Å². The Morgan fingerprint density at radius 3 is 2.36 bits per heavy atom. The Morgan fingerprint density at radius 1 is 1.24 bits per heavy atom. The predicted octanol–water partition coefficient (Wildman–Crippen LogP) is 2.64. The van der Waals surface area contributed by atoms with Gasteiger partial charge in [-0.05, 0) is 59.6 Å². The molecular weight excluding hydrogens is 318 g/mol. The maximum atomic E-state index is 11.7. The molecule has 1 aromatic rings. The molecule has 0 aromatic heterocycles. The Kier molecular flexibility index (Phi) is 5.92. The summed E-state index contributed by atoms with van der Waals surface area (Å²) in [6, 6.07) is 7.08. The van der Waals surface area contributed by atoms with E-state index in [1.165, 1.54) is 6.92 Å². The summed E-state index contributed by atoms with van der Waals surface area (Å²) in [5.41, 5.74) is 0.107. The molecule has 0 unspecified atom stereocenters. The molecule has 0 amide bonds. The highest BCUT2D eigenvalue weighted by molar-refractivity contribution is 5.96. The van der Waals surface area contributed by atoms with Crippen LogP contribution >= 0.6 is 0 Å². The summed E-state index contributed by atoms with van der Waals surface area (Å²) in [4.78, 5) is 13.9. The van der Waals surface area contributed by atoms with Crippen LogP contribution in [0.25, 0.3) is 0 Å². The number of ketones is 1. The highest BCUT2D eigenvalue weighted by atomic mass is 16.5. The van der Waals surface area contributed by atoms with E-state index in [-0.39, 0.29) is 29.6 Å². The summed E-state index contributed by atoms with van der Waals surface area (Å²) in [5.74, 6) is 0.444. The van der Waals surface area contributed by atoms with E-state index in [1.807, 2.05) is 6.07 Å². The van der Waals surface area contributed by atoms with Crippen molar-refractivity contribution in [2.24, 2.45) is 0 Å². The third-order valence-electron chi connectivity index (χ3n) is 5.02. The standard InChI is InChI=1S/C20H31NO4/c1-14(22)17-8-6-7-9-18(17)25-13-16(24)12-21-19(2,3)10-15(23)11-20(21,4)5/h6-9,15-16,23-24H,10-13H2,1-5H3/t16-/m0/s1. The van der Waals surface area contributed by atoms with Crippen molar-refractivity contribution in [3.05, 3.63) is 29.8 Å². The van der Waals surface area contributed by atoms with Crippen molar-refractivity contribution in [2.45, 2.75) is 70.7 Å². The number of benzene rings is 1. The highest BCUT2D eigenvalue weighted by Gasteiger charge is 2.45. The van der Waals surface area contributed by atoms with Gasteiger partial charge in [0.2, 0.25) is 0 Å². The third-order valence-corrected chi connectivity index (χ3v) is 5.02. The normalized spacial score (nSPS) is 21.7. The molecule has 1 aliphatic heterocycles. The van der Waals surface area contributed by atoms with Crippen LogP contribution in [0.2, 0.25) is 0 Å². The molecule has 0 radical (unpaired) electrons. The lowest BCUT2D eigenvalue weighted by molar-refractivity contribution is -0.1000. The van der Waals surface area contributed by atoms with Crippen molar-refractivity contribution in [3.63, 3.8) is 0 Å². The summed E-state index contributed by atoms with van der Waals surface area (Å²) in [6.45, 7) is 10.4. The molecular formula is C20H31NO4. The maximum Gasteiger partial charge on any atom is 0.163 e. The highest BCUT2D eigenvalue weighted by Crippen LogP contribution is 2.38. The number of carbonyl (C=O) groups excluding carboxylic acids is 1. The first-order valence-corrected chi connectivity index (χ1v) is 8.89. The number of hydrogen-bond donors (Lipinski definition) is 2. The monoisotopic (exact) mass is 349 g/mol. The Morgan fingerprint density at radius 2 is 1.80 bits per heavy atom. The van der Waals surface area contributed by atoms with Crippen molar-refractivity contribution in [3.8, 4) is 5.75 Å². The molecule has 5 nitrogen and oxygen atoms in total. The molecule has 140 valence electrons. The smallest absolute Gasteiger partial charge is 0.163 e. The van der Waals surface area contributed by atoms with Crippen LogP contribution in [0.1, 0.15) is 57.8 Å². The molecule has 1 saturated heterocycles. The first-order chi connectivity index (χ1) is 11.5. The zero-order chi connectivity index (χ0) is 18.8. The van der Waals surface area contributed by atoms with Gasteiger partial charge in [-0.15, -0.1) is 0 Å². The van der Waals surface area contributed by atoms with Crippen LogP contribution in [0.3, 0.4) is 0 Å². The fourth-order valence-electron chi connectivity index (χ4n) is 4.09. The van der Waals surface area contributed by atoms with Crippen molar-refractivity contribution in [2.75, 3.05) is 13.2 Å². The van der Waals surface area contributed by atoms with Gasteiger partial charge in [0.1, 0.15) is 18.5 Å². The minimum absolute atomic E-state index is 0.0580. The van der Waals surface area contributed by atoms with Gasteiger partial charge in [-0.1, -0.05) is 12.1 Å². The van der Waals surface area contributed by atoms with Gasteiger partial charge in [-0.2, -0.15) is 0 Å². The zero-order valence-electron chi connectivity index (χ0n) is 16.0. The van der Waals surface area contributed by atoms with Gasteiger partial charge in [0, 0.05) is 17.6 Å². The van der Waals surface area contributed by atoms with Crippen LogP contribution in [-0.4, -0.2) is 57.3 Å². The lowest BCUT2D eigenvalue weighted by Crippen LogP contribution is -2.63. The van der Waals surface area contributed by atoms with Gasteiger partial charge in [-0.25, -0.2) is 0 Å².